The molecule has 0 amide bonds. The van der Waals surface area contributed by atoms with Gasteiger partial charge in [0.05, 0.1) is 10.3 Å². The number of rotatable bonds is 0. The van der Waals surface area contributed by atoms with Gasteiger partial charge in [-0.15, -0.1) is 11.8 Å². The molecule has 8 rings (SSSR count). The second-order valence-electron chi connectivity index (χ2n) is 9.88. The van der Waals surface area contributed by atoms with Crippen molar-refractivity contribution in [3.05, 3.63) is 139 Å². The number of thiazole rings is 1. The summed E-state index contributed by atoms with van der Waals surface area (Å²) in [7, 11) is 0. The first-order chi connectivity index (χ1) is 19.3. The second-order valence-corrected chi connectivity index (χ2v) is 10.9. The van der Waals surface area contributed by atoms with Crippen LogP contribution in [0.15, 0.2) is 127 Å². The van der Waals surface area contributed by atoms with Crippen LogP contribution in [0.4, 0.5) is 0 Å². The number of nitrogens with zero attached hydrogens (tertiary/aromatic N) is 2. The maximum Gasteiger partial charge on any atom is 0.522 e. The van der Waals surface area contributed by atoms with Gasteiger partial charge in [-0.3, -0.25) is 0 Å². The summed E-state index contributed by atoms with van der Waals surface area (Å²) >= 11 is 1.82. The fourth-order valence-corrected chi connectivity index (χ4v) is 7.24. The molecule has 0 fully saturated rings. The Morgan fingerprint density at radius 2 is 1.21 bits per heavy atom. The summed E-state index contributed by atoms with van der Waals surface area (Å²) in [5.74, 6) is 14.7. The SMILES string of the molecule is C(#C[B-]1(C#Cc2ccccc2)n2c3ccccc3c3cccc(c32)-c2sc3ccccc3[n+]21)c1ccccc1. The number of hydrogen-bond donors (Lipinski definition) is 0. The second kappa shape index (κ2) is 8.50. The van der Waals surface area contributed by atoms with Crippen LogP contribution in [0.5, 0.6) is 0 Å². The van der Waals surface area contributed by atoms with Gasteiger partial charge in [0, 0.05) is 39.0 Å². The molecule has 0 N–H and O–H groups in total. The van der Waals surface area contributed by atoms with Crippen LogP contribution in [-0.4, -0.2) is 10.9 Å². The standard InChI is InChI=1S/C35H21BN2S/c1-3-12-26(13-4-1)22-24-36(25-23-27-14-5-2-6-15-27)37-31-19-8-7-16-28(31)29-17-11-18-30(34(29)37)35-38(36)32-20-9-10-21-33(32)39-35/h1-21H. The first-order valence-electron chi connectivity index (χ1n) is 13.1. The van der Waals surface area contributed by atoms with Crippen molar-refractivity contribution in [1.82, 2.24) is 4.48 Å². The zero-order valence-corrected chi connectivity index (χ0v) is 21.8. The normalized spacial score (nSPS) is 12.9. The van der Waals surface area contributed by atoms with Crippen molar-refractivity contribution in [2.75, 3.05) is 0 Å². The maximum atomic E-state index is 3.81. The Balaban J connectivity index is 1.60. The van der Waals surface area contributed by atoms with Crippen LogP contribution in [0.1, 0.15) is 11.1 Å². The van der Waals surface area contributed by atoms with Gasteiger partial charge in [0.2, 0.25) is 5.01 Å². The van der Waals surface area contributed by atoms with Gasteiger partial charge in [0.1, 0.15) is 0 Å². The number of fused-ring (bicyclic) bond motifs is 7. The average molecular weight is 512 g/mol. The molecule has 1 aliphatic heterocycles. The lowest BCUT2D eigenvalue weighted by molar-refractivity contribution is -0.497. The molecule has 4 heteroatoms. The average Bonchev–Trinajstić information content (AvgIpc) is 3.57. The van der Waals surface area contributed by atoms with E-state index in [1.807, 2.05) is 47.7 Å². The lowest BCUT2D eigenvalue weighted by Gasteiger charge is -2.33. The van der Waals surface area contributed by atoms with Crippen LogP contribution < -0.4 is 4.48 Å². The monoisotopic (exact) mass is 512 g/mol. The molecule has 0 spiro atoms. The Labute approximate surface area is 230 Å². The minimum Gasteiger partial charge on any atom is -0.431 e. The van der Waals surface area contributed by atoms with Crippen LogP contribution in [0.2, 0.25) is 0 Å². The van der Waals surface area contributed by atoms with Gasteiger partial charge in [-0.1, -0.05) is 90.2 Å². The molecular formula is C35H21BN2S. The van der Waals surface area contributed by atoms with Crippen molar-refractivity contribution in [3.8, 4) is 34.1 Å². The van der Waals surface area contributed by atoms with Gasteiger partial charge in [0.25, 0.3) is 0 Å². The molecule has 0 bridgehead atoms. The molecule has 2 aromatic heterocycles. The third-order valence-corrected chi connectivity index (χ3v) is 8.82. The van der Waals surface area contributed by atoms with E-state index in [-0.39, 0.29) is 0 Å². The van der Waals surface area contributed by atoms with E-state index in [1.165, 1.54) is 31.6 Å². The highest BCUT2D eigenvalue weighted by atomic mass is 32.1. The predicted octanol–water partition coefficient (Wildman–Crippen LogP) is 7.30. The highest BCUT2D eigenvalue weighted by Gasteiger charge is 2.47. The summed E-state index contributed by atoms with van der Waals surface area (Å²) in [5.41, 5.74) is 6.70. The summed E-state index contributed by atoms with van der Waals surface area (Å²) in [6.45, 7) is 0. The van der Waals surface area contributed by atoms with Gasteiger partial charge in [-0.05, 0) is 42.5 Å². The van der Waals surface area contributed by atoms with Gasteiger partial charge >= 0.3 is 6.42 Å². The quantitative estimate of drug-likeness (QED) is 0.149. The minimum absolute atomic E-state index is 0.980. The summed E-state index contributed by atoms with van der Waals surface area (Å²) in [4.78, 5) is 0. The highest BCUT2D eigenvalue weighted by Crippen LogP contribution is 2.42. The molecular weight excluding hydrogens is 491 g/mol. The van der Waals surface area contributed by atoms with Gasteiger partial charge in [0.15, 0.2) is 5.52 Å². The van der Waals surface area contributed by atoms with Crippen LogP contribution in [0, 0.1) is 23.5 Å². The predicted molar refractivity (Wildman–Crippen MR) is 164 cm³/mol. The van der Waals surface area contributed by atoms with Gasteiger partial charge < -0.3 is 8.96 Å². The van der Waals surface area contributed by atoms with E-state index >= 15 is 0 Å². The maximum absolute atomic E-state index is 3.81. The van der Waals surface area contributed by atoms with Crippen LogP contribution in [0.3, 0.4) is 0 Å². The summed E-state index contributed by atoms with van der Waals surface area (Å²) in [6.07, 6.45) is -1.94. The van der Waals surface area contributed by atoms with Gasteiger partial charge in [-0.2, -0.15) is 11.6 Å². The summed E-state index contributed by atoms with van der Waals surface area (Å²) in [5, 5.41) is 3.66. The van der Waals surface area contributed by atoms with Crippen LogP contribution >= 0.6 is 11.3 Å². The van der Waals surface area contributed by atoms with Crippen molar-refractivity contribution in [1.29, 1.82) is 0 Å². The Hall–Kier alpha value is -5.03. The molecule has 0 aliphatic carbocycles. The first-order valence-corrected chi connectivity index (χ1v) is 13.9. The molecule has 0 saturated heterocycles. The molecule has 2 nitrogen and oxygen atoms in total. The topological polar surface area (TPSA) is 8.81 Å². The van der Waals surface area contributed by atoms with E-state index in [4.69, 9.17) is 0 Å². The molecule has 7 aromatic rings. The summed E-state index contributed by atoms with van der Waals surface area (Å²) in [6, 6.07) is 44.4. The lowest BCUT2D eigenvalue weighted by Crippen LogP contribution is -2.70. The van der Waals surface area contributed by atoms with Crippen molar-refractivity contribution >= 4 is 49.8 Å². The number of hydrogen-bond acceptors (Lipinski definition) is 1. The van der Waals surface area contributed by atoms with E-state index < -0.39 is 6.42 Å². The smallest absolute Gasteiger partial charge is 0.431 e. The zero-order valence-electron chi connectivity index (χ0n) is 21.0. The van der Waals surface area contributed by atoms with E-state index in [2.05, 4.69) is 123 Å². The largest absolute Gasteiger partial charge is 0.522 e. The van der Waals surface area contributed by atoms with E-state index in [0.717, 1.165) is 22.2 Å². The number of benzene rings is 5. The van der Waals surface area contributed by atoms with Crippen LogP contribution in [0.25, 0.3) is 42.6 Å². The Bertz CT molecular complexity index is 2130. The van der Waals surface area contributed by atoms with E-state index in [9.17, 15) is 0 Å². The number of aromatic nitrogens is 2. The molecule has 0 atom stereocenters. The fourth-order valence-electron chi connectivity index (χ4n) is 5.99. The Kier molecular flexibility index (Phi) is 4.80. The van der Waals surface area contributed by atoms with Crippen LogP contribution in [-0.2, 0) is 0 Å². The molecule has 180 valence electrons. The number of para-hydroxylation sites is 3. The summed E-state index contributed by atoms with van der Waals surface area (Å²) < 4.78 is 6.10. The highest BCUT2D eigenvalue weighted by molar-refractivity contribution is 7.21. The fraction of sp³-hybridized carbons (Fsp3) is 0. The van der Waals surface area contributed by atoms with Crippen molar-refractivity contribution in [2.45, 2.75) is 0 Å². The van der Waals surface area contributed by atoms with E-state index in [1.54, 1.807) is 0 Å². The first kappa shape index (κ1) is 22.0. The van der Waals surface area contributed by atoms with Crippen molar-refractivity contribution in [3.63, 3.8) is 0 Å². The third-order valence-electron chi connectivity index (χ3n) is 7.64. The molecule has 39 heavy (non-hydrogen) atoms. The van der Waals surface area contributed by atoms with Crippen molar-refractivity contribution in [2.24, 2.45) is 0 Å². The molecule has 0 radical (unpaired) electrons. The van der Waals surface area contributed by atoms with Crippen molar-refractivity contribution < 1.29 is 4.48 Å². The third kappa shape index (κ3) is 3.23. The Morgan fingerprint density at radius 1 is 0.590 bits per heavy atom. The molecule has 1 aliphatic rings. The Morgan fingerprint density at radius 3 is 1.95 bits per heavy atom. The van der Waals surface area contributed by atoms with E-state index in [0.29, 0.717) is 0 Å². The molecule has 5 aromatic carbocycles. The van der Waals surface area contributed by atoms with Gasteiger partial charge in [-0.25, -0.2) is 0 Å². The molecule has 0 unspecified atom stereocenters. The molecule has 0 saturated carbocycles. The minimum atomic E-state index is -1.94. The lowest BCUT2D eigenvalue weighted by atomic mass is 9.46. The zero-order chi connectivity index (χ0) is 25.8. The molecule has 3 heterocycles.